The predicted octanol–water partition coefficient (Wildman–Crippen LogP) is 2.25. The molecule has 0 radical (unpaired) electrons. The Balaban J connectivity index is 2.82. The van der Waals surface area contributed by atoms with Gasteiger partial charge in [-0.1, -0.05) is 13.8 Å². The zero-order valence-corrected chi connectivity index (χ0v) is 9.70. The lowest BCUT2D eigenvalue weighted by molar-refractivity contribution is -0.123. The van der Waals surface area contributed by atoms with Crippen LogP contribution in [0.5, 0.6) is 0 Å². The number of nitrogens with zero attached hydrogens (tertiary/aromatic N) is 2. The van der Waals surface area contributed by atoms with E-state index >= 15 is 0 Å². The molecule has 0 unspecified atom stereocenters. The van der Waals surface area contributed by atoms with E-state index in [9.17, 15) is 4.79 Å². The maximum atomic E-state index is 11.9. The molecule has 1 aromatic heterocycles. The quantitative estimate of drug-likeness (QED) is 0.845. The summed E-state index contributed by atoms with van der Waals surface area (Å²) in [6, 6.07) is 2.20. The summed E-state index contributed by atoms with van der Waals surface area (Å²) in [6.07, 6.45) is 2.37. The molecule has 1 amide bonds. The Morgan fingerprint density at radius 1 is 1.62 bits per heavy atom. The van der Waals surface area contributed by atoms with Crippen molar-refractivity contribution in [3.05, 3.63) is 12.0 Å². The summed E-state index contributed by atoms with van der Waals surface area (Å²) in [5.41, 5.74) is -0.312. The number of hydrogen-bond acceptors (Lipinski definition) is 4. The molecule has 0 aliphatic heterocycles. The number of anilines is 1. The average Bonchev–Trinajstić information content (AvgIpc) is 2.67. The molecule has 86 valence electrons. The summed E-state index contributed by atoms with van der Waals surface area (Å²) in [7, 11) is 0. The van der Waals surface area contributed by atoms with Gasteiger partial charge in [0.05, 0.1) is 11.8 Å². The summed E-state index contributed by atoms with van der Waals surface area (Å²) in [4.78, 5) is 15.9. The van der Waals surface area contributed by atoms with Crippen molar-refractivity contribution < 1.29 is 9.21 Å². The molecule has 0 spiro atoms. The summed E-state index contributed by atoms with van der Waals surface area (Å²) >= 11 is 0. The van der Waals surface area contributed by atoms with Crippen molar-refractivity contribution in [1.82, 2.24) is 4.98 Å². The Labute approximate surface area is 94.5 Å². The minimum Gasteiger partial charge on any atom is -0.432 e. The van der Waals surface area contributed by atoms with Crippen LogP contribution in [-0.4, -0.2) is 10.9 Å². The summed E-state index contributed by atoms with van der Waals surface area (Å²) in [6.45, 7) is 5.39. The highest BCUT2D eigenvalue weighted by atomic mass is 16.4. The lowest BCUT2D eigenvalue weighted by Crippen LogP contribution is -2.34. The SMILES string of the molecule is CCC(C#N)(CC)C(=O)Nc1nc(C)co1. The third-order valence-corrected chi connectivity index (χ3v) is 2.70. The number of amides is 1. The van der Waals surface area contributed by atoms with Gasteiger partial charge in [0.25, 0.3) is 0 Å². The number of oxazole rings is 1. The third-order valence-electron chi connectivity index (χ3n) is 2.70. The molecule has 0 aliphatic rings. The normalized spacial score (nSPS) is 10.9. The first-order chi connectivity index (χ1) is 7.57. The number of aryl methyl sites for hydroxylation is 1. The van der Waals surface area contributed by atoms with Crippen LogP contribution in [0.15, 0.2) is 10.7 Å². The number of nitrogens with one attached hydrogen (secondary N) is 1. The topological polar surface area (TPSA) is 78.9 Å². The number of aromatic nitrogens is 1. The van der Waals surface area contributed by atoms with E-state index in [0.29, 0.717) is 18.5 Å². The molecule has 5 heteroatoms. The van der Waals surface area contributed by atoms with Crippen LogP contribution < -0.4 is 5.32 Å². The minimum atomic E-state index is -0.998. The van der Waals surface area contributed by atoms with Crippen LogP contribution in [0.4, 0.5) is 6.01 Å². The highest BCUT2D eigenvalue weighted by Crippen LogP contribution is 2.27. The zero-order chi connectivity index (χ0) is 12.2. The first-order valence-electron chi connectivity index (χ1n) is 5.22. The molecule has 0 saturated heterocycles. The molecule has 1 heterocycles. The van der Waals surface area contributed by atoms with Crippen LogP contribution in [0.1, 0.15) is 32.4 Å². The Morgan fingerprint density at radius 3 is 2.62 bits per heavy atom. The number of carbonyl (C=O) groups excluding carboxylic acids is 1. The van der Waals surface area contributed by atoms with Crippen LogP contribution in [0.3, 0.4) is 0 Å². The molecule has 5 nitrogen and oxygen atoms in total. The van der Waals surface area contributed by atoms with Gasteiger partial charge in [0.15, 0.2) is 0 Å². The van der Waals surface area contributed by atoms with Crippen molar-refractivity contribution in [3.63, 3.8) is 0 Å². The highest BCUT2D eigenvalue weighted by molar-refractivity contribution is 5.95. The van der Waals surface area contributed by atoms with Gasteiger partial charge in [-0.15, -0.1) is 0 Å². The molecule has 0 saturated carbocycles. The number of rotatable bonds is 4. The first-order valence-corrected chi connectivity index (χ1v) is 5.22. The van der Waals surface area contributed by atoms with Crippen LogP contribution in [0, 0.1) is 23.7 Å². The van der Waals surface area contributed by atoms with Crippen LogP contribution in [-0.2, 0) is 4.79 Å². The molecule has 0 bridgehead atoms. The molecule has 1 aromatic rings. The van der Waals surface area contributed by atoms with Crippen LogP contribution >= 0.6 is 0 Å². The molecule has 1 N–H and O–H groups in total. The molecule has 0 aromatic carbocycles. The standard InChI is InChI=1S/C11H15N3O2/c1-4-11(5-2,7-12)9(15)14-10-13-8(3)6-16-10/h6H,4-5H2,1-3H3,(H,13,14,15). The van der Waals surface area contributed by atoms with Gasteiger partial charge in [-0.25, -0.2) is 0 Å². The Hall–Kier alpha value is -1.83. The lowest BCUT2D eigenvalue weighted by Gasteiger charge is -2.20. The van der Waals surface area contributed by atoms with Gasteiger partial charge in [-0.3, -0.25) is 10.1 Å². The second-order valence-electron chi connectivity index (χ2n) is 3.65. The van der Waals surface area contributed by atoms with Gasteiger partial charge in [0.1, 0.15) is 11.7 Å². The molecule has 1 rings (SSSR count). The number of nitriles is 1. The van der Waals surface area contributed by atoms with Crippen molar-refractivity contribution in [2.75, 3.05) is 5.32 Å². The summed E-state index contributed by atoms with van der Waals surface area (Å²) in [5, 5.41) is 11.6. The van der Waals surface area contributed by atoms with Gasteiger partial charge in [-0.05, 0) is 19.8 Å². The van der Waals surface area contributed by atoms with E-state index < -0.39 is 5.41 Å². The molecule has 0 aliphatic carbocycles. The van der Waals surface area contributed by atoms with Gasteiger partial charge in [0, 0.05) is 0 Å². The van der Waals surface area contributed by atoms with E-state index in [1.54, 1.807) is 6.92 Å². The Kier molecular flexibility index (Phi) is 3.67. The zero-order valence-electron chi connectivity index (χ0n) is 9.70. The fourth-order valence-corrected chi connectivity index (χ4v) is 1.41. The van der Waals surface area contributed by atoms with Gasteiger partial charge < -0.3 is 4.42 Å². The maximum absolute atomic E-state index is 11.9. The molecule has 0 atom stereocenters. The van der Waals surface area contributed by atoms with Crippen molar-refractivity contribution in [3.8, 4) is 6.07 Å². The third kappa shape index (κ3) is 2.22. The van der Waals surface area contributed by atoms with E-state index in [-0.39, 0.29) is 11.9 Å². The van der Waals surface area contributed by atoms with Gasteiger partial charge in [-0.2, -0.15) is 10.2 Å². The van der Waals surface area contributed by atoms with Crippen LogP contribution in [0.2, 0.25) is 0 Å². The van der Waals surface area contributed by atoms with E-state index in [4.69, 9.17) is 9.68 Å². The van der Waals surface area contributed by atoms with E-state index in [0.717, 1.165) is 0 Å². The van der Waals surface area contributed by atoms with Gasteiger partial charge >= 0.3 is 6.01 Å². The summed E-state index contributed by atoms with van der Waals surface area (Å²) < 4.78 is 5.01. The minimum absolute atomic E-state index is 0.143. The van der Waals surface area contributed by atoms with E-state index in [1.807, 2.05) is 13.8 Å². The van der Waals surface area contributed by atoms with E-state index in [1.165, 1.54) is 6.26 Å². The molecular formula is C11H15N3O2. The van der Waals surface area contributed by atoms with Crippen molar-refractivity contribution in [2.45, 2.75) is 33.6 Å². The Morgan fingerprint density at radius 2 is 2.25 bits per heavy atom. The fraction of sp³-hybridized carbons (Fsp3) is 0.545. The second kappa shape index (κ2) is 4.79. The Bertz CT molecular complexity index is 413. The molecule has 16 heavy (non-hydrogen) atoms. The first kappa shape index (κ1) is 12.2. The van der Waals surface area contributed by atoms with Crippen molar-refractivity contribution in [2.24, 2.45) is 5.41 Å². The van der Waals surface area contributed by atoms with Crippen molar-refractivity contribution >= 4 is 11.9 Å². The smallest absolute Gasteiger partial charge is 0.301 e. The maximum Gasteiger partial charge on any atom is 0.301 e. The van der Waals surface area contributed by atoms with E-state index in [2.05, 4.69) is 16.4 Å². The average molecular weight is 221 g/mol. The second-order valence-corrected chi connectivity index (χ2v) is 3.65. The van der Waals surface area contributed by atoms with Crippen molar-refractivity contribution in [1.29, 1.82) is 5.26 Å². The summed E-state index contributed by atoms with van der Waals surface area (Å²) in [5.74, 6) is -0.359. The number of hydrogen-bond donors (Lipinski definition) is 1. The number of carbonyl (C=O) groups is 1. The highest BCUT2D eigenvalue weighted by Gasteiger charge is 2.35. The van der Waals surface area contributed by atoms with Crippen LogP contribution in [0.25, 0.3) is 0 Å². The fourth-order valence-electron chi connectivity index (χ4n) is 1.41. The predicted molar refractivity (Wildman–Crippen MR) is 58.5 cm³/mol. The largest absolute Gasteiger partial charge is 0.432 e. The van der Waals surface area contributed by atoms with Gasteiger partial charge in [0.2, 0.25) is 5.91 Å². The molecule has 0 fully saturated rings. The lowest BCUT2D eigenvalue weighted by atomic mass is 9.83. The molecular weight excluding hydrogens is 206 g/mol. The monoisotopic (exact) mass is 221 g/mol.